The highest BCUT2D eigenvalue weighted by Crippen LogP contribution is 2.27. The Labute approximate surface area is 158 Å². The molecule has 138 valence electrons. The Bertz CT molecular complexity index is 968. The van der Waals surface area contributed by atoms with E-state index in [-0.39, 0.29) is 5.91 Å². The molecule has 0 unspecified atom stereocenters. The fraction of sp³-hybridized carbons (Fsp3) is 0.182. The molecule has 1 amide bonds. The van der Waals surface area contributed by atoms with Gasteiger partial charge >= 0.3 is 5.97 Å². The lowest BCUT2D eigenvalue weighted by Gasteiger charge is -2.22. The first kappa shape index (κ1) is 18.5. The molecule has 0 aliphatic heterocycles. The van der Waals surface area contributed by atoms with E-state index >= 15 is 0 Å². The Morgan fingerprint density at radius 1 is 0.926 bits per heavy atom. The van der Waals surface area contributed by atoms with E-state index in [0.717, 1.165) is 16.5 Å². The van der Waals surface area contributed by atoms with E-state index in [1.54, 1.807) is 26.1 Å². The largest absolute Gasteiger partial charge is 0.496 e. The molecule has 5 nitrogen and oxygen atoms in total. The van der Waals surface area contributed by atoms with Crippen LogP contribution in [0.3, 0.4) is 0 Å². The number of methoxy groups -OCH3 is 1. The zero-order valence-corrected chi connectivity index (χ0v) is 15.5. The third-order valence-corrected chi connectivity index (χ3v) is 4.39. The van der Waals surface area contributed by atoms with E-state index in [1.807, 2.05) is 54.6 Å². The quantitative estimate of drug-likeness (QED) is 0.642. The van der Waals surface area contributed by atoms with Gasteiger partial charge in [0.2, 0.25) is 0 Å². The lowest BCUT2D eigenvalue weighted by atomic mass is 10.1. The van der Waals surface area contributed by atoms with Crippen LogP contribution in [0.2, 0.25) is 0 Å². The van der Waals surface area contributed by atoms with Crippen LogP contribution in [-0.4, -0.2) is 32.1 Å². The maximum atomic E-state index is 12.7. The van der Waals surface area contributed by atoms with Crippen molar-refractivity contribution in [2.75, 3.05) is 19.1 Å². The summed E-state index contributed by atoms with van der Waals surface area (Å²) >= 11 is 0. The third kappa shape index (κ3) is 3.92. The van der Waals surface area contributed by atoms with Crippen LogP contribution in [0.25, 0.3) is 10.8 Å². The minimum Gasteiger partial charge on any atom is -0.496 e. The predicted molar refractivity (Wildman–Crippen MR) is 105 cm³/mol. The van der Waals surface area contributed by atoms with Crippen LogP contribution < -0.4 is 9.64 Å². The number of carbonyl (C=O) groups excluding carboxylic acids is 2. The fourth-order valence-corrected chi connectivity index (χ4v) is 2.87. The molecule has 27 heavy (non-hydrogen) atoms. The molecule has 5 heteroatoms. The summed E-state index contributed by atoms with van der Waals surface area (Å²) in [4.78, 5) is 26.7. The second-order valence-electron chi connectivity index (χ2n) is 6.18. The van der Waals surface area contributed by atoms with E-state index in [0.29, 0.717) is 11.3 Å². The van der Waals surface area contributed by atoms with E-state index in [4.69, 9.17) is 9.47 Å². The van der Waals surface area contributed by atoms with Gasteiger partial charge < -0.3 is 14.4 Å². The molecule has 0 aliphatic rings. The third-order valence-electron chi connectivity index (χ3n) is 4.39. The van der Waals surface area contributed by atoms with Crippen molar-refractivity contribution in [3.63, 3.8) is 0 Å². The summed E-state index contributed by atoms with van der Waals surface area (Å²) in [5, 5.41) is 1.85. The lowest BCUT2D eigenvalue weighted by Crippen LogP contribution is -2.37. The molecule has 0 aliphatic carbocycles. The Morgan fingerprint density at radius 2 is 1.52 bits per heavy atom. The summed E-state index contributed by atoms with van der Waals surface area (Å²) in [6.07, 6.45) is -0.932. The summed E-state index contributed by atoms with van der Waals surface area (Å²) in [5.41, 5.74) is 1.02. The number of hydrogen-bond acceptors (Lipinski definition) is 4. The molecule has 0 saturated carbocycles. The average Bonchev–Trinajstić information content (AvgIpc) is 2.72. The van der Waals surface area contributed by atoms with Gasteiger partial charge in [0.1, 0.15) is 11.3 Å². The maximum absolute atomic E-state index is 12.7. The molecular formula is C22H21NO4. The topological polar surface area (TPSA) is 55.8 Å². The first-order valence-electron chi connectivity index (χ1n) is 8.61. The highest BCUT2D eigenvalue weighted by Gasteiger charge is 2.24. The number of benzene rings is 3. The Hall–Kier alpha value is -3.34. The molecule has 0 saturated heterocycles. The summed E-state index contributed by atoms with van der Waals surface area (Å²) < 4.78 is 10.8. The van der Waals surface area contributed by atoms with Gasteiger partial charge in [0.25, 0.3) is 5.91 Å². The van der Waals surface area contributed by atoms with Crippen molar-refractivity contribution in [2.45, 2.75) is 13.0 Å². The number of carbonyl (C=O) groups is 2. The normalized spacial score (nSPS) is 11.7. The first-order valence-corrected chi connectivity index (χ1v) is 8.61. The SMILES string of the molecule is COc1cc2ccccc2cc1C(=O)O[C@H](C)C(=O)N(C)c1ccccc1. The molecule has 1 atom stereocenters. The minimum atomic E-state index is -0.932. The summed E-state index contributed by atoms with van der Waals surface area (Å²) in [5.74, 6) is -0.496. The van der Waals surface area contributed by atoms with Crippen molar-refractivity contribution in [2.24, 2.45) is 0 Å². The molecule has 3 aromatic rings. The second kappa shape index (κ2) is 7.91. The van der Waals surface area contributed by atoms with Gasteiger partial charge in [-0.3, -0.25) is 4.79 Å². The van der Waals surface area contributed by atoms with Crippen molar-refractivity contribution in [1.29, 1.82) is 0 Å². The van der Waals surface area contributed by atoms with Gasteiger partial charge in [-0.2, -0.15) is 0 Å². The van der Waals surface area contributed by atoms with Gasteiger partial charge in [-0.25, -0.2) is 4.79 Å². The van der Waals surface area contributed by atoms with Gasteiger partial charge in [-0.15, -0.1) is 0 Å². The van der Waals surface area contributed by atoms with Crippen molar-refractivity contribution in [3.05, 3.63) is 72.3 Å². The van der Waals surface area contributed by atoms with Crippen LogP contribution >= 0.6 is 0 Å². The van der Waals surface area contributed by atoms with E-state index in [2.05, 4.69) is 0 Å². The maximum Gasteiger partial charge on any atom is 0.342 e. The summed E-state index contributed by atoms with van der Waals surface area (Å²) in [6.45, 7) is 1.56. The molecule has 0 spiro atoms. The van der Waals surface area contributed by atoms with E-state index in [1.165, 1.54) is 12.0 Å². The van der Waals surface area contributed by atoms with Crippen LogP contribution in [0.15, 0.2) is 66.7 Å². The number of esters is 1. The zero-order valence-electron chi connectivity index (χ0n) is 15.5. The number of likely N-dealkylation sites (N-methyl/N-ethyl adjacent to an activating group) is 1. The number of para-hydroxylation sites is 1. The van der Waals surface area contributed by atoms with E-state index in [9.17, 15) is 9.59 Å². The fourth-order valence-electron chi connectivity index (χ4n) is 2.87. The molecule has 0 N–H and O–H groups in total. The minimum absolute atomic E-state index is 0.290. The number of nitrogens with zero attached hydrogens (tertiary/aromatic N) is 1. The second-order valence-corrected chi connectivity index (χ2v) is 6.18. The van der Waals surface area contributed by atoms with Gasteiger partial charge in [0.05, 0.1) is 7.11 Å². The molecule has 0 heterocycles. The van der Waals surface area contributed by atoms with Crippen LogP contribution in [0.1, 0.15) is 17.3 Å². The monoisotopic (exact) mass is 363 g/mol. The molecule has 3 rings (SSSR count). The van der Waals surface area contributed by atoms with Gasteiger partial charge in [-0.1, -0.05) is 42.5 Å². The van der Waals surface area contributed by atoms with Crippen molar-refractivity contribution in [3.8, 4) is 5.75 Å². The summed E-state index contributed by atoms with van der Waals surface area (Å²) in [7, 11) is 3.15. The smallest absolute Gasteiger partial charge is 0.342 e. The number of rotatable bonds is 5. The molecule has 0 aromatic heterocycles. The predicted octanol–water partition coefficient (Wildman–Crippen LogP) is 4.06. The zero-order chi connectivity index (χ0) is 19.4. The average molecular weight is 363 g/mol. The summed E-state index contributed by atoms with van der Waals surface area (Å²) in [6, 6.07) is 20.4. The van der Waals surface area contributed by atoms with Crippen molar-refractivity contribution in [1.82, 2.24) is 0 Å². The number of hydrogen-bond donors (Lipinski definition) is 0. The molecule has 0 radical (unpaired) electrons. The van der Waals surface area contributed by atoms with E-state index < -0.39 is 12.1 Å². The molecule has 0 fully saturated rings. The van der Waals surface area contributed by atoms with Crippen LogP contribution in [-0.2, 0) is 9.53 Å². The molecular weight excluding hydrogens is 342 g/mol. The number of fused-ring (bicyclic) bond motifs is 1. The molecule has 3 aromatic carbocycles. The Kier molecular flexibility index (Phi) is 5.41. The van der Waals surface area contributed by atoms with Gasteiger partial charge in [0.15, 0.2) is 6.10 Å². The Morgan fingerprint density at radius 3 is 2.15 bits per heavy atom. The number of ether oxygens (including phenoxy) is 2. The highest BCUT2D eigenvalue weighted by atomic mass is 16.5. The lowest BCUT2D eigenvalue weighted by molar-refractivity contribution is -0.126. The van der Waals surface area contributed by atoms with Crippen molar-refractivity contribution < 1.29 is 19.1 Å². The van der Waals surface area contributed by atoms with Crippen molar-refractivity contribution >= 4 is 28.3 Å². The Balaban J connectivity index is 1.80. The van der Waals surface area contributed by atoms with Gasteiger partial charge in [0, 0.05) is 12.7 Å². The highest BCUT2D eigenvalue weighted by molar-refractivity contribution is 6.01. The standard InChI is InChI=1S/C22H21NO4/c1-15(21(24)23(2)18-11-5-4-6-12-18)27-22(25)19-13-16-9-7-8-10-17(16)14-20(19)26-3/h4-15H,1-3H3/t15-/m1/s1. The number of amides is 1. The van der Waals surface area contributed by atoms with Crippen LogP contribution in [0.5, 0.6) is 5.75 Å². The van der Waals surface area contributed by atoms with Gasteiger partial charge in [-0.05, 0) is 42.0 Å². The molecule has 0 bridgehead atoms. The van der Waals surface area contributed by atoms with Crippen LogP contribution in [0.4, 0.5) is 5.69 Å². The van der Waals surface area contributed by atoms with Crippen LogP contribution in [0, 0.1) is 0 Å². The first-order chi connectivity index (χ1) is 13.0. The number of anilines is 1.